The molecule has 0 saturated carbocycles. The number of fused-ring (bicyclic) bond motifs is 1. The molecule has 2 aromatic carbocycles. The van der Waals surface area contributed by atoms with E-state index in [0.717, 1.165) is 25.3 Å². The molecule has 0 heterocycles. The van der Waals surface area contributed by atoms with Crippen LogP contribution >= 0.6 is 0 Å². The molecule has 0 saturated heterocycles. The smallest absolute Gasteiger partial charge is 0.254 e. The number of rotatable bonds is 4. The number of halogens is 2. The van der Waals surface area contributed by atoms with Crippen molar-refractivity contribution in [3.63, 3.8) is 0 Å². The molecule has 1 unspecified atom stereocenters. The van der Waals surface area contributed by atoms with E-state index in [0.29, 0.717) is 12.5 Å². The fourth-order valence-electron chi connectivity index (χ4n) is 3.08. The van der Waals surface area contributed by atoms with Crippen molar-refractivity contribution in [3.05, 3.63) is 70.8 Å². The second-order valence-electron chi connectivity index (χ2n) is 5.58. The van der Waals surface area contributed by atoms with E-state index < -0.39 is 17.5 Å². The van der Waals surface area contributed by atoms with E-state index in [1.807, 2.05) is 12.1 Å². The second kappa shape index (κ2) is 6.26. The van der Waals surface area contributed by atoms with E-state index >= 15 is 0 Å². The Kier molecular flexibility index (Phi) is 4.18. The zero-order chi connectivity index (χ0) is 15.5. The van der Waals surface area contributed by atoms with E-state index in [4.69, 9.17) is 0 Å². The number of carbonyl (C=O) groups is 1. The number of hydrogen-bond acceptors (Lipinski definition) is 1. The van der Waals surface area contributed by atoms with Gasteiger partial charge in [0.25, 0.3) is 5.91 Å². The van der Waals surface area contributed by atoms with Gasteiger partial charge in [0.1, 0.15) is 0 Å². The van der Waals surface area contributed by atoms with Gasteiger partial charge in [-0.1, -0.05) is 30.3 Å². The van der Waals surface area contributed by atoms with Gasteiger partial charge in [-0.25, -0.2) is 8.78 Å². The molecule has 2 aromatic rings. The molecular formula is C18H17F2NO. The SMILES string of the molecule is O=C(NCCC1CCc2ccccc21)c1cccc(F)c1F. The van der Waals surface area contributed by atoms with Gasteiger partial charge in [0.15, 0.2) is 11.6 Å². The Morgan fingerprint density at radius 3 is 2.82 bits per heavy atom. The summed E-state index contributed by atoms with van der Waals surface area (Å²) in [5.74, 6) is -2.24. The number of hydrogen-bond donors (Lipinski definition) is 1. The van der Waals surface area contributed by atoms with Gasteiger partial charge in [-0.05, 0) is 48.4 Å². The van der Waals surface area contributed by atoms with E-state index in [9.17, 15) is 13.6 Å². The lowest BCUT2D eigenvalue weighted by Gasteiger charge is -2.12. The lowest BCUT2D eigenvalue weighted by Crippen LogP contribution is -2.26. The van der Waals surface area contributed by atoms with E-state index in [-0.39, 0.29) is 5.56 Å². The van der Waals surface area contributed by atoms with Crippen LogP contribution in [0.4, 0.5) is 8.78 Å². The van der Waals surface area contributed by atoms with Gasteiger partial charge >= 0.3 is 0 Å². The highest BCUT2D eigenvalue weighted by Gasteiger charge is 2.22. The van der Waals surface area contributed by atoms with Crippen molar-refractivity contribution in [3.8, 4) is 0 Å². The molecule has 1 N–H and O–H groups in total. The van der Waals surface area contributed by atoms with Crippen molar-refractivity contribution < 1.29 is 13.6 Å². The quantitative estimate of drug-likeness (QED) is 0.914. The molecule has 0 bridgehead atoms. The minimum absolute atomic E-state index is 0.244. The summed E-state index contributed by atoms with van der Waals surface area (Å²) in [5, 5.41) is 2.68. The van der Waals surface area contributed by atoms with Gasteiger partial charge in [0.05, 0.1) is 5.56 Å². The predicted octanol–water partition coefficient (Wildman–Crippen LogP) is 3.81. The summed E-state index contributed by atoms with van der Waals surface area (Å²) < 4.78 is 26.7. The Morgan fingerprint density at radius 2 is 1.95 bits per heavy atom. The molecule has 0 radical (unpaired) electrons. The second-order valence-corrected chi connectivity index (χ2v) is 5.58. The minimum atomic E-state index is -1.09. The summed E-state index contributed by atoms with van der Waals surface area (Å²) in [5.41, 5.74) is 2.47. The normalized spacial score (nSPS) is 16.4. The van der Waals surface area contributed by atoms with Crippen molar-refractivity contribution in [1.82, 2.24) is 5.32 Å². The van der Waals surface area contributed by atoms with E-state index in [2.05, 4.69) is 17.4 Å². The molecule has 1 amide bonds. The standard InChI is InChI=1S/C18H17F2NO/c19-16-7-3-6-15(17(16)20)18(22)21-11-10-13-9-8-12-4-1-2-5-14(12)13/h1-7,13H,8-11H2,(H,21,22). The number of nitrogens with one attached hydrogen (secondary N) is 1. The topological polar surface area (TPSA) is 29.1 Å². The van der Waals surface area contributed by atoms with Crippen molar-refractivity contribution >= 4 is 5.91 Å². The lowest BCUT2D eigenvalue weighted by atomic mass is 9.98. The Hall–Kier alpha value is -2.23. The predicted molar refractivity (Wildman–Crippen MR) is 80.8 cm³/mol. The molecule has 1 atom stereocenters. The van der Waals surface area contributed by atoms with Crippen LogP contribution in [0.2, 0.25) is 0 Å². The molecule has 3 rings (SSSR count). The van der Waals surface area contributed by atoms with Crippen molar-refractivity contribution in [1.29, 1.82) is 0 Å². The highest BCUT2D eigenvalue weighted by atomic mass is 19.2. The number of aryl methyl sites for hydroxylation is 1. The van der Waals surface area contributed by atoms with Crippen LogP contribution in [-0.2, 0) is 6.42 Å². The van der Waals surface area contributed by atoms with Crippen molar-refractivity contribution in [2.24, 2.45) is 0 Å². The number of carbonyl (C=O) groups excluding carboxylic acids is 1. The summed E-state index contributed by atoms with van der Waals surface area (Å²) in [6.07, 6.45) is 2.94. The molecule has 0 aliphatic heterocycles. The number of amides is 1. The van der Waals surface area contributed by atoms with Crippen LogP contribution < -0.4 is 5.32 Å². The Morgan fingerprint density at radius 1 is 1.14 bits per heavy atom. The first-order valence-corrected chi connectivity index (χ1v) is 7.47. The van der Waals surface area contributed by atoms with Crippen LogP contribution in [0.3, 0.4) is 0 Å². The average molecular weight is 301 g/mol. The molecule has 114 valence electrons. The van der Waals surface area contributed by atoms with E-state index in [1.165, 1.54) is 23.3 Å². The molecule has 0 aromatic heterocycles. The third kappa shape index (κ3) is 2.86. The molecule has 0 spiro atoms. The first-order valence-electron chi connectivity index (χ1n) is 7.47. The number of benzene rings is 2. The summed E-state index contributed by atoms with van der Waals surface area (Å²) in [6.45, 7) is 0.452. The van der Waals surface area contributed by atoms with Gasteiger partial charge in [-0.2, -0.15) is 0 Å². The van der Waals surface area contributed by atoms with Crippen LogP contribution in [0.5, 0.6) is 0 Å². The van der Waals surface area contributed by atoms with Gasteiger partial charge in [0.2, 0.25) is 0 Å². The third-order valence-electron chi connectivity index (χ3n) is 4.23. The zero-order valence-corrected chi connectivity index (χ0v) is 12.1. The van der Waals surface area contributed by atoms with Crippen molar-refractivity contribution in [2.45, 2.75) is 25.2 Å². The average Bonchev–Trinajstić information content (AvgIpc) is 2.93. The maximum Gasteiger partial charge on any atom is 0.254 e. The first kappa shape index (κ1) is 14.7. The fourth-order valence-corrected chi connectivity index (χ4v) is 3.08. The zero-order valence-electron chi connectivity index (χ0n) is 12.1. The Bertz CT molecular complexity index is 699. The molecule has 0 fully saturated rings. The van der Waals surface area contributed by atoms with Gasteiger partial charge in [0, 0.05) is 6.54 Å². The van der Waals surface area contributed by atoms with Crippen LogP contribution in [0.25, 0.3) is 0 Å². The van der Waals surface area contributed by atoms with Crippen LogP contribution in [0, 0.1) is 11.6 Å². The first-order chi connectivity index (χ1) is 10.7. The summed E-state index contributed by atoms with van der Waals surface area (Å²) >= 11 is 0. The lowest BCUT2D eigenvalue weighted by molar-refractivity contribution is 0.0947. The monoisotopic (exact) mass is 301 g/mol. The Balaban J connectivity index is 1.58. The molecule has 1 aliphatic rings. The van der Waals surface area contributed by atoms with Gasteiger partial charge < -0.3 is 5.32 Å². The summed E-state index contributed by atoms with van der Waals surface area (Å²) in [4.78, 5) is 11.9. The van der Waals surface area contributed by atoms with E-state index in [1.54, 1.807) is 0 Å². The molecular weight excluding hydrogens is 284 g/mol. The molecule has 4 heteroatoms. The largest absolute Gasteiger partial charge is 0.352 e. The highest BCUT2D eigenvalue weighted by Crippen LogP contribution is 2.34. The summed E-state index contributed by atoms with van der Waals surface area (Å²) in [7, 11) is 0. The molecule has 22 heavy (non-hydrogen) atoms. The van der Waals surface area contributed by atoms with Gasteiger partial charge in [-0.15, -0.1) is 0 Å². The van der Waals surface area contributed by atoms with Crippen molar-refractivity contribution in [2.75, 3.05) is 6.54 Å². The van der Waals surface area contributed by atoms with Gasteiger partial charge in [-0.3, -0.25) is 4.79 Å². The van der Waals surface area contributed by atoms with Crippen LogP contribution in [0.15, 0.2) is 42.5 Å². The minimum Gasteiger partial charge on any atom is -0.352 e. The maximum atomic E-state index is 13.5. The van der Waals surface area contributed by atoms with Crippen LogP contribution in [0.1, 0.15) is 40.2 Å². The molecule has 2 nitrogen and oxygen atoms in total. The fraction of sp³-hybridized carbons (Fsp3) is 0.278. The summed E-state index contributed by atoms with van der Waals surface area (Å²) in [6, 6.07) is 11.9. The van der Waals surface area contributed by atoms with Crippen LogP contribution in [-0.4, -0.2) is 12.5 Å². The molecule has 1 aliphatic carbocycles. The third-order valence-corrected chi connectivity index (χ3v) is 4.23. The Labute approximate surface area is 128 Å². The maximum absolute atomic E-state index is 13.5. The highest BCUT2D eigenvalue weighted by molar-refractivity contribution is 5.94.